The van der Waals surface area contributed by atoms with E-state index in [0.29, 0.717) is 39.4 Å². The molecule has 2 heterocycles. The lowest BCUT2D eigenvalue weighted by Crippen LogP contribution is -2.35. The van der Waals surface area contributed by atoms with Gasteiger partial charge in [0.15, 0.2) is 0 Å². The summed E-state index contributed by atoms with van der Waals surface area (Å²) in [5.74, 6) is 0.427. The van der Waals surface area contributed by atoms with Crippen molar-refractivity contribution in [3.8, 4) is 0 Å². The highest BCUT2D eigenvalue weighted by Crippen LogP contribution is 2.25. The summed E-state index contributed by atoms with van der Waals surface area (Å²) in [4.78, 5) is 30.3. The molecule has 0 spiro atoms. The van der Waals surface area contributed by atoms with Gasteiger partial charge in [-0.25, -0.2) is 0 Å². The Morgan fingerprint density at radius 3 is 2.91 bits per heavy atom. The number of likely N-dealkylation sites (tertiary alicyclic amines) is 1. The maximum absolute atomic E-state index is 12.8. The molecule has 0 radical (unpaired) electrons. The summed E-state index contributed by atoms with van der Waals surface area (Å²) in [7, 11) is 0. The largest absolute Gasteiger partial charge is 0.359 e. The molecule has 2 aromatic rings. The van der Waals surface area contributed by atoms with Crippen molar-refractivity contribution in [2.75, 3.05) is 13.1 Å². The number of aromatic nitrogens is 1. The number of aromatic amines is 1. The monoisotopic (exact) mass is 396 g/mol. The number of pyridine rings is 1. The highest BCUT2D eigenvalue weighted by atomic mass is 79.9. The van der Waals surface area contributed by atoms with Crippen LogP contribution < -0.4 is 5.43 Å². The number of benzene rings is 1. The number of nitrogens with one attached hydrogen (secondary N) is 1. The minimum absolute atomic E-state index is 0.182. The molecule has 1 aromatic heterocycles. The molecule has 1 fully saturated rings. The number of fused-ring (bicyclic) bond motifs is 1. The second-order valence-electron chi connectivity index (χ2n) is 6.17. The maximum atomic E-state index is 12.8. The first kappa shape index (κ1) is 16.5. The average molecular weight is 398 g/mol. The Kier molecular flexibility index (Phi) is 4.78. The summed E-state index contributed by atoms with van der Waals surface area (Å²) >= 11 is 9.50. The van der Waals surface area contributed by atoms with E-state index < -0.39 is 0 Å². The standard InChI is InChI=1S/C17H18BrClN2O2/c1-10-3-2-5-21(6-4-10)17(23)13-9-20-15-12(16(13)22)7-11(18)8-14(15)19/h7-10H,2-6H2,1H3,(H,20,22)/t10-/m1/s1. The Morgan fingerprint density at radius 1 is 1.35 bits per heavy atom. The molecule has 0 saturated carbocycles. The van der Waals surface area contributed by atoms with Gasteiger partial charge in [-0.15, -0.1) is 0 Å². The van der Waals surface area contributed by atoms with Crippen molar-refractivity contribution in [1.82, 2.24) is 9.88 Å². The van der Waals surface area contributed by atoms with Crippen LogP contribution in [-0.4, -0.2) is 28.9 Å². The van der Waals surface area contributed by atoms with Gasteiger partial charge in [-0.05, 0) is 37.3 Å². The second kappa shape index (κ2) is 6.65. The van der Waals surface area contributed by atoms with Crippen molar-refractivity contribution in [1.29, 1.82) is 0 Å². The SMILES string of the molecule is C[C@@H]1CCCN(C(=O)c2c[nH]c3c(Cl)cc(Br)cc3c2=O)CC1. The van der Waals surface area contributed by atoms with Crippen LogP contribution in [0.3, 0.4) is 0 Å². The first-order chi connectivity index (χ1) is 11.0. The second-order valence-corrected chi connectivity index (χ2v) is 7.49. The Hall–Kier alpha value is -1.33. The Bertz CT molecular complexity index is 818. The molecule has 1 aliphatic rings. The van der Waals surface area contributed by atoms with Crippen LogP contribution >= 0.6 is 27.5 Å². The Morgan fingerprint density at radius 2 is 2.13 bits per heavy atom. The molecule has 1 aliphatic heterocycles. The number of hydrogen-bond donors (Lipinski definition) is 1. The fourth-order valence-corrected chi connectivity index (χ4v) is 3.91. The summed E-state index contributed by atoms with van der Waals surface area (Å²) in [6, 6.07) is 3.42. The van der Waals surface area contributed by atoms with Gasteiger partial charge in [0.05, 0.1) is 10.5 Å². The van der Waals surface area contributed by atoms with Gasteiger partial charge in [-0.1, -0.05) is 34.5 Å². The predicted molar refractivity (Wildman–Crippen MR) is 96.2 cm³/mol. The lowest BCUT2D eigenvalue weighted by atomic mass is 10.0. The van der Waals surface area contributed by atoms with E-state index in [2.05, 4.69) is 27.8 Å². The number of carbonyl (C=O) groups excluding carboxylic acids is 1. The molecule has 1 saturated heterocycles. The molecular formula is C17H18BrClN2O2. The first-order valence-electron chi connectivity index (χ1n) is 7.77. The van der Waals surface area contributed by atoms with E-state index in [4.69, 9.17) is 11.6 Å². The number of carbonyl (C=O) groups is 1. The summed E-state index contributed by atoms with van der Waals surface area (Å²) in [6.45, 7) is 3.62. The lowest BCUT2D eigenvalue weighted by molar-refractivity contribution is 0.0759. The molecule has 1 atom stereocenters. The normalized spacial score (nSPS) is 18.9. The van der Waals surface area contributed by atoms with Crippen LogP contribution in [0.25, 0.3) is 10.9 Å². The van der Waals surface area contributed by atoms with Gasteiger partial charge in [-0.3, -0.25) is 9.59 Å². The van der Waals surface area contributed by atoms with Crippen LogP contribution in [0.1, 0.15) is 36.5 Å². The third-order valence-electron chi connectivity index (χ3n) is 4.44. The van der Waals surface area contributed by atoms with Gasteiger partial charge in [0.1, 0.15) is 5.56 Å². The zero-order valence-corrected chi connectivity index (χ0v) is 15.2. The van der Waals surface area contributed by atoms with Crippen molar-refractivity contribution in [2.45, 2.75) is 26.2 Å². The molecule has 0 unspecified atom stereocenters. The molecule has 3 rings (SSSR count). The molecule has 6 heteroatoms. The van der Waals surface area contributed by atoms with Gasteiger partial charge in [0.2, 0.25) is 5.43 Å². The number of halogens is 2. The fourth-order valence-electron chi connectivity index (χ4n) is 3.05. The quantitative estimate of drug-likeness (QED) is 0.784. The molecular weight excluding hydrogens is 380 g/mol. The third-order valence-corrected chi connectivity index (χ3v) is 5.20. The molecule has 0 bridgehead atoms. The summed E-state index contributed by atoms with van der Waals surface area (Å²) in [5.41, 5.74) is 0.464. The third kappa shape index (κ3) is 3.31. The van der Waals surface area contributed by atoms with Crippen LogP contribution in [0.5, 0.6) is 0 Å². The molecule has 23 heavy (non-hydrogen) atoms. The topological polar surface area (TPSA) is 53.2 Å². The minimum Gasteiger partial charge on any atom is -0.359 e. The summed E-state index contributed by atoms with van der Waals surface area (Å²) in [6.07, 6.45) is 4.58. The highest BCUT2D eigenvalue weighted by Gasteiger charge is 2.23. The van der Waals surface area contributed by atoms with Crippen molar-refractivity contribution in [3.63, 3.8) is 0 Å². The van der Waals surface area contributed by atoms with Crippen molar-refractivity contribution in [3.05, 3.63) is 43.6 Å². The number of rotatable bonds is 1. The Balaban J connectivity index is 2.01. The van der Waals surface area contributed by atoms with Crippen LogP contribution in [0.4, 0.5) is 0 Å². The number of hydrogen-bond acceptors (Lipinski definition) is 2. The predicted octanol–water partition coefficient (Wildman–Crippen LogP) is 4.21. The smallest absolute Gasteiger partial charge is 0.259 e. The van der Waals surface area contributed by atoms with E-state index in [-0.39, 0.29) is 16.9 Å². The highest BCUT2D eigenvalue weighted by molar-refractivity contribution is 9.10. The summed E-state index contributed by atoms with van der Waals surface area (Å²) < 4.78 is 0.716. The van der Waals surface area contributed by atoms with Gasteiger partial charge < -0.3 is 9.88 Å². The molecule has 1 N–H and O–H groups in total. The van der Waals surface area contributed by atoms with E-state index in [1.54, 1.807) is 17.0 Å². The molecule has 1 amide bonds. The Labute approximate surface area is 148 Å². The van der Waals surface area contributed by atoms with E-state index in [1.165, 1.54) is 6.20 Å². The van der Waals surface area contributed by atoms with Gasteiger partial charge in [0.25, 0.3) is 5.91 Å². The zero-order valence-electron chi connectivity index (χ0n) is 12.9. The van der Waals surface area contributed by atoms with Crippen LogP contribution in [-0.2, 0) is 0 Å². The zero-order chi connectivity index (χ0) is 16.6. The number of nitrogens with zero attached hydrogens (tertiary/aromatic N) is 1. The van der Waals surface area contributed by atoms with E-state index in [9.17, 15) is 9.59 Å². The number of H-pyrrole nitrogens is 1. The minimum atomic E-state index is -0.274. The van der Waals surface area contributed by atoms with E-state index in [0.717, 1.165) is 19.3 Å². The fraction of sp³-hybridized carbons (Fsp3) is 0.412. The lowest BCUT2D eigenvalue weighted by Gasteiger charge is -2.20. The van der Waals surface area contributed by atoms with Gasteiger partial charge >= 0.3 is 0 Å². The number of amides is 1. The van der Waals surface area contributed by atoms with Gasteiger partial charge in [-0.2, -0.15) is 0 Å². The molecule has 0 aliphatic carbocycles. The first-order valence-corrected chi connectivity index (χ1v) is 8.94. The van der Waals surface area contributed by atoms with Crippen molar-refractivity contribution < 1.29 is 4.79 Å². The van der Waals surface area contributed by atoms with Crippen molar-refractivity contribution in [2.24, 2.45) is 5.92 Å². The van der Waals surface area contributed by atoms with Crippen LogP contribution in [0, 0.1) is 5.92 Å². The van der Waals surface area contributed by atoms with Crippen LogP contribution in [0.15, 0.2) is 27.6 Å². The van der Waals surface area contributed by atoms with E-state index >= 15 is 0 Å². The van der Waals surface area contributed by atoms with Gasteiger partial charge in [0, 0.05) is 29.1 Å². The molecule has 4 nitrogen and oxygen atoms in total. The van der Waals surface area contributed by atoms with E-state index in [1.807, 2.05) is 0 Å². The molecule has 1 aromatic carbocycles. The summed E-state index contributed by atoms with van der Waals surface area (Å²) in [5, 5.41) is 0.882. The van der Waals surface area contributed by atoms with Crippen molar-refractivity contribution >= 4 is 44.3 Å². The maximum Gasteiger partial charge on any atom is 0.259 e. The molecule has 122 valence electrons. The van der Waals surface area contributed by atoms with Crippen LogP contribution in [0.2, 0.25) is 5.02 Å². The average Bonchev–Trinajstić information content (AvgIpc) is 2.72.